The maximum absolute atomic E-state index is 12.4. The van der Waals surface area contributed by atoms with Gasteiger partial charge in [-0.15, -0.1) is 0 Å². The molecular formula is C23H14Cl2N2O5. The van der Waals surface area contributed by atoms with Crippen molar-refractivity contribution in [3.63, 3.8) is 0 Å². The third kappa shape index (κ3) is 4.80. The van der Waals surface area contributed by atoms with Gasteiger partial charge < -0.3 is 9.47 Å². The van der Waals surface area contributed by atoms with Gasteiger partial charge in [-0.25, -0.2) is 9.79 Å². The molecule has 3 aromatic rings. The number of nitro groups is 1. The molecular weight excluding hydrogens is 455 g/mol. The van der Waals surface area contributed by atoms with Gasteiger partial charge in [0.25, 0.3) is 5.69 Å². The minimum absolute atomic E-state index is 0.0271. The number of nitrogens with zero attached hydrogens (tertiary/aromatic N) is 2. The Kier molecular flexibility index (Phi) is 6.20. The number of rotatable bonds is 6. The lowest BCUT2D eigenvalue weighted by atomic mass is 10.1. The highest BCUT2D eigenvalue weighted by Gasteiger charge is 2.26. The fourth-order valence-electron chi connectivity index (χ4n) is 2.94. The van der Waals surface area contributed by atoms with Gasteiger partial charge >= 0.3 is 5.97 Å². The lowest BCUT2D eigenvalue weighted by molar-refractivity contribution is -0.384. The topological polar surface area (TPSA) is 91.0 Å². The van der Waals surface area contributed by atoms with Crippen molar-refractivity contribution in [1.82, 2.24) is 0 Å². The van der Waals surface area contributed by atoms with Crippen LogP contribution in [0.2, 0.25) is 10.0 Å². The summed E-state index contributed by atoms with van der Waals surface area (Å²) in [4.78, 5) is 26.9. The molecule has 0 radical (unpaired) electrons. The van der Waals surface area contributed by atoms with E-state index in [0.717, 1.165) is 5.56 Å². The van der Waals surface area contributed by atoms with Crippen molar-refractivity contribution in [2.24, 2.45) is 4.99 Å². The highest BCUT2D eigenvalue weighted by atomic mass is 35.5. The number of carbonyl (C=O) groups excluding carboxylic acids is 1. The molecule has 32 heavy (non-hydrogen) atoms. The second kappa shape index (κ2) is 9.21. The monoisotopic (exact) mass is 468 g/mol. The first-order valence-corrected chi connectivity index (χ1v) is 10.1. The normalized spacial score (nSPS) is 14.2. The van der Waals surface area contributed by atoms with Crippen LogP contribution in [0.4, 0.5) is 5.69 Å². The smallest absolute Gasteiger partial charge is 0.363 e. The standard InChI is InChI=1S/C23H14Cl2N2O5/c24-16-7-5-14(6-8-16)13-31-21-4-2-1-3-15(21)11-20-23(28)32-22(26-20)18-10-9-17(27(29)30)12-19(18)25/h1-12H,13H2/b20-11-. The van der Waals surface area contributed by atoms with Gasteiger partial charge in [-0.05, 0) is 35.9 Å². The van der Waals surface area contributed by atoms with Crippen LogP contribution in [0, 0.1) is 10.1 Å². The first-order chi connectivity index (χ1) is 15.4. The first kappa shape index (κ1) is 21.5. The van der Waals surface area contributed by atoms with Crippen LogP contribution in [0.5, 0.6) is 5.75 Å². The molecule has 0 saturated heterocycles. The zero-order chi connectivity index (χ0) is 22.7. The van der Waals surface area contributed by atoms with Gasteiger partial charge in [-0.2, -0.15) is 0 Å². The number of halogens is 2. The SMILES string of the molecule is O=C1OC(c2ccc([N+](=O)[O-])cc2Cl)=N/C1=C\c1ccccc1OCc1ccc(Cl)cc1. The van der Waals surface area contributed by atoms with Gasteiger partial charge in [0.1, 0.15) is 12.4 Å². The summed E-state index contributed by atoms with van der Waals surface area (Å²) in [6, 6.07) is 18.3. The van der Waals surface area contributed by atoms with Crippen molar-refractivity contribution in [1.29, 1.82) is 0 Å². The molecule has 0 unspecified atom stereocenters. The van der Waals surface area contributed by atoms with E-state index >= 15 is 0 Å². The Hall–Kier alpha value is -3.68. The first-order valence-electron chi connectivity index (χ1n) is 9.34. The van der Waals surface area contributed by atoms with E-state index in [1.165, 1.54) is 18.2 Å². The lowest BCUT2D eigenvalue weighted by Crippen LogP contribution is -2.06. The molecule has 1 aliphatic rings. The van der Waals surface area contributed by atoms with Crippen LogP contribution in [-0.4, -0.2) is 16.8 Å². The van der Waals surface area contributed by atoms with Crippen LogP contribution < -0.4 is 4.74 Å². The lowest BCUT2D eigenvalue weighted by Gasteiger charge is -2.09. The molecule has 7 nitrogen and oxygen atoms in total. The molecule has 160 valence electrons. The zero-order valence-corrected chi connectivity index (χ0v) is 17.8. The van der Waals surface area contributed by atoms with Gasteiger partial charge in [0.15, 0.2) is 5.70 Å². The number of ether oxygens (including phenoxy) is 2. The van der Waals surface area contributed by atoms with Gasteiger partial charge in [-0.3, -0.25) is 10.1 Å². The number of cyclic esters (lactones) is 1. The summed E-state index contributed by atoms with van der Waals surface area (Å²) in [5.41, 5.74) is 1.72. The van der Waals surface area contributed by atoms with Crippen molar-refractivity contribution in [2.45, 2.75) is 6.61 Å². The van der Waals surface area contributed by atoms with Crippen LogP contribution >= 0.6 is 23.2 Å². The third-order valence-electron chi connectivity index (χ3n) is 4.53. The summed E-state index contributed by atoms with van der Waals surface area (Å²) >= 11 is 12.0. The second-order valence-electron chi connectivity index (χ2n) is 6.71. The molecule has 0 spiro atoms. The third-order valence-corrected chi connectivity index (χ3v) is 5.10. The van der Waals surface area contributed by atoms with Gasteiger partial charge in [0.05, 0.1) is 15.5 Å². The Bertz CT molecular complexity index is 1270. The van der Waals surface area contributed by atoms with Gasteiger partial charge in [0.2, 0.25) is 5.90 Å². The summed E-state index contributed by atoms with van der Waals surface area (Å²) in [5, 5.41) is 11.6. The summed E-state index contributed by atoms with van der Waals surface area (Å²) < 4.78 is 11.1. The van der Waals surface area contributed by atoms with Crippen molar-refractivity contribution in [2.75, 3.05) is 0 Å². The van der Waals surface area contributed by atoms with Crippen molar-refractivity contribution in [3.8, 4) is 5.75 Å². The molecule has 9 heteroatoms. The molecule has 3 aromatic carbocycles. The number of non-ortho nitro benzene ring substituents is 1. The van der Waals surface area contributed by atoms with E-state index < -0.39 is 10.9 Å². The summed E-state index contributed by atoms with van der Waals surface area (Å²) in [6.45, 7) is 0.314. The number of hydrogen-bond acceptors (Lipinski definition) is 6. The number of para-hydroxylation sites is 1. The fraction of sp³-hybridized carbons (Fsp3) is 0.0435. The molecule has 0 atom stereocenters. The molecule has 0 N–H and O–H groups in total. The van der Waals surface area contributed by atoms with Crippen LogP contribution in [0.1, 0.15) is 16.7 Å². The Morgan fingerprint density at radius 3 is 2.53 bits per heavy atom. The van der Waals surface area contributed by atoms with Crippen LogP contribution in [0.25, 0.3) is 6.08 Å². The molecule has 0 amide bonds. The molecule has 0 aromatic heterocycles. The van der Waals surface area contributed by atoms with Gasteiger partial charge in [0, 0.05) is 22.7 Å². The minimum atomic E-state index is -0.665. The highest BCUT2D eigenvalue weighted by Crippen LogP contribution is 2.29. The van der Waals surface area contributed by atoms with E-state index in [4.69, 9.17) is 32.7 Å². The van der Waals surface area contributed by atoms with E-state index in [1.54, 1.807) is 36.4 Å². The van der Waals surface area contributed by atoms with Crippen LogP contribution in [0.15, 0.2) is 77.4 Å². The predicted molar refractivity (Wildman–Crippen MR) is 121 cm³/mol. The quantitative estimate of drug-likeness (QED) is 0.196. The Morgan fingerprint density at radius 2 is 1.81 bits per heavy atom. The number of benzene rings is 3. The minimum Gasteiger partial charge on any atom is -0.488 e. The van der Waals surface area contributed by atoms with Gasteiger partial charge in [-0.1, -0.05) is 53.5 Å². The Morgan fingerprint density at radius 1 is 1.06 bits per heavy atom. The van der Waals surface area contributed by atoms with Crippen LogP contribution in [0.3, 0.4) is 0 Å². The zero-order valence-electron chi connectivity index (χ0n) is 16.3. The molecule has 1 aliphatic heterocycles. The Labute approximate surface area is 192 Å². The molecule has 4 rings (SSSR count). The largest absolute Gasteiger partial charge is 0.488 e. The van der Waals surface area contributed by atoms with E-state index in [9.17, 15) is 14.9 Å². The summed E-state index contributed by atoms with van der Waals surface area (Å²) in [7, 11) is 0. The maximum atomic E-state index is 12.4. The summed E-state index contributed by atoms with van der Waals surface area (Å²) in [6.07, 6.45) is 1.55. The van der Waals surface area contributed by atoms with Crippen molar-refractivity contribution >= 4 is 46.8 Å². The maximum Gasteiger partial charge on any atom is 0.363 e. The number of carbonyl (C=O) groups is 1. The van der Waals surface area contributed by atoms with E-state index in [1.807, 2.05) is 18.2 Å². The van der Waals surface area contributed by atoms with Crippen molar-refractivity contribution in [3.05, 3.63) is 109 Å². The van der Waals surface area contributed by atoms with E-state index in [0.29, 0.717) is 22.9 Å². The molecule has 0 aliphatic carbocycles. The number of esters is 1. The number of aliphatic imine (C=N–C) groups is 1. The Balaban J connectivity index is 1.59. The second-order valence-corrected chi connectivity index (χ2v) is 7.55. The predicted octanol–water partition coefficient (Wildman–Crippen LogP) is 5.83. The molecule has 1 heterocycles. The van der Waals surface area contributed by atoms with E-state index in [2.05, 4.69) is 4.99 Å². The summed E-state index contributed by atoms with van der Waals surface area (Å²) in [5.74, 6) is -0.137. The molecule has 0 bridgehead atoms. The average molecular weight is 469 g/mol. The number of hydrogen-bond donors (Lipinski definition) is 0. The number of nitro benzene ring substituents is 1. The van der Waals surface area contributed by atoms with Crippen molar-refractivity contribution < 1.29 is 19.2 Å². The van der Waals surface area contributed by atoms with Crippen LogP contribution in [-0.2, 0) is 16.1 Å². The van der Waals surface area contributed by atoms with E-state index in [-0.39, 0.29) is 27.9 Å². The fourth-order valence-corrected chi connectivity index (χ4v) is 3.32. The molecule has 0 fully saturated rings. The molecule has 0 saturated carbocycles. The highest BCUT2D eigenvalue weighted by molar-refractivity contribution is 6.34. The average Bonchev–Trinajstić information content (AvgIpc) is 3.14.